The lowest BCUT2D eigenvalue weighted by molar-refractivity contribution is 0.307. The molecule has 3 aromatic rings. The molecule has 0 atom stereocenters. The summed E-state index contributed by atoms with van der Waals surface area (Å²) in [5.74, 6) is 0.842. The number of nitrogens with two attached hydrogens (primary N) is 2. The Balaban J connectivity index is 1.46. The van der Waals surface area contributed by atoms with E-state index in [1.54, 1.807) is 0 Å². The van der Waals surface area contributed by atoms with Crippen LogP contribution in [-0.2, 0) is 0 Å². The first-order chi connectivity index (χ1) is 14.0. The maximum Gasteiger partial charge on any atom is 0.212 e. The molecular weight excluding hydrogens is 450 g/mol. The van der Waals surface area contributed by atoms with Crippen LogP contribution in [0.25, 0.3) is 11.3 Å². The normalized spacial score (nSPS) is 10.6. The van der Waals surface area contributed by atoms with Gasteiger partial charge in [0.1, 0.15) is 5.75 Å². The standard InChI is InChI=1S/C21H24BrN5OS/c1-27(17-9-7-16(22)8-10-17)11-2-3-12-28-18-6-4-5-15(13-18)19-14-29-21(25-19)26-20(23)24/h4-10,13-14H,2-3,11-12H2,1H3,(H4,23,24,25,26). The second-order valence-corrected chi connectivity index (χ2v) is 8.29. The van der Waals surface area contributed by atoms with Crippen LogP contribution in [-0.4, -0.2) is 31.1 Å². The molecule has 152 valence electrons. The zero-order chi connectivity index (χ0) is 20.6. The number of anilines is 1. The molecule has 0 aliphatic carbocycles. The molecule has 1 aromatic heterocycles. The topological polar surface area (TPSA) is 89.8 Å². The number of guanidine groups is 1. The number of rotatable bonds is 9. The van der Waals surface area contributed by atoms with Crippen LogP contribution in [0.2, 0.25) is 0 Å². The van der Waals surface area contributed by atoms with Gasteiger partial charge in [-0.3, -0.25) is 0 Å². The highest BCUT2D eigenvalue weighted by Gasteiger charge is 2.06. The van der Waals surface area contributed by atoms with Crippen molar-refractivity contribution in [2.24, 2.45) is 16.5 Å². The molecular formula is C21H24BrN5OS. The van der Waals surface area contributed by atoms with E-state index in [0.29, 0.717) is 11.7 Å². The minimum atomic E-state index is 0.00811. The third kappa shape index (κ3) is 6.47. The molecule has 0 aliphatic heterocycles. The van der Waals surface area contributed by atoms with Crippen LogP contribution >= 0.6 is 27.3 Å². The van der Waals surface area contributed by atoms with E-state index in [1.807, 2.05) is 29.6 Å². The van der Waals surface area contributed by atoms with Gasteiger partial charge >= 0.3 is 0 Å². The predicted molar refractivity (Wildman–Crippen MR) is 125 cm³/mol. The predicted octanol–water partition coefficient (Wildman–Crippen LogP) is 4.77. The molecule has 29 heavy (non-hydrogen) atoms. The summed E-state index contributed by atoms with van der Waals surface area (Å²) in [6.07, 6.45) is 2.04. The molecule has 0 radical (unpaired) electrons. The van der Waals surface area contributed by atoms with Crippen molar-refractivity contribution in [3.05, 3.63) is 58.4 Å². The molecule has 3 rings (SSSR count). The van der Waals surface area contributed by atoms with Gasteiger partial charge in [0.05, 0.1) is 12.3 Å². The molecule has 0 saturated heterocycles. The van der Waals surface area contributed by atoms with Gasteiger partial charge in [-0.1, -0.05) is 28.1 Å². The van der Waals surface area contributed by atoms with Gasteiger partial charge in [-0.05, 0) is 49.2 Å². The SMILES string of the molecule is CN(CCCCOc1cccc(-c2csc(N=C(N)N)n2)c1)c1ccc(Br)cc1. The zero-order valence-corrected chi connectivity index (χ0v) is 18.6. The van der Waals surface area contributed by atoms with Crippen molar-refractivity contribution in [3.8, 4) is 17.0 Å². The van der Waals surface area contributed by atoms with Gasteiger partial charge in [-0.15, -0.1) is 11.3 Å². The van der Waals surface area contributed by atoms with Gasteiger partial charge < -0.3 is 21.1 Å². The van der Waals surface area contributed by atoms with Crippen LogP contribution in [0.1, 0.15) is 12.8 Å². The van der Waals surface area contributed by atoms with Crippen LogP contribution in [0.15, 0.2) is 63.4 Å². The lowest BCUT2D eigenvalue weighted by Gasteiger charge is -2.19. The molecule has 2 aromatic carbocycles. The Morgan fingerprint density at radius 1 is 1.17 bits per heavy atom. The van der Waals surface area contributed by atoms with Gasteiger partial charge in [0.15, 0.2) is 5.96 Å². The summed E-state index contributed by atoms with van der Waals surface area (Å²) in [6, 6.07) is 16.3. The number of hydrogen-bond donors (Lipinski definition) is 2. The summed E-state index contributed by atoms with van der Waals surface area (Å²) in [5.41, 5.74) is 13.8. The molecule has 0 aliphatic rings. The average Bonchev–Trinajstić information content (AvgIpc) is 3.16. The molecule has 8 heteroatoms. The van der Waals surface area contributed by atoms with E-state index in [0.717, 1.165) is 40.9 Å². The smallest absolute Gasteiger partial charge is 0.212 e. The summed E-state index contributed by atoms with van der Waals surface area (Å²) >= 11 is 4.86. The summed E-state index contributed by atoms with van der Waals surface area (Å²) in [7, 11) is 2.11. The Morgan fingerprint density at radius 2 is 1.97 bits per heavy atom. The molecule has 4 N–H and O–H groups in total. The Hall–Kier alpha value is -2.58. The fourth-order valence-electron chi connectivity index (χ4n) is 2.77. The summed E-state index contributed by atoms with van der Waals surface area (Å²) < 4.78 is 7.02. The number of benzene rings is 2. The van der Waals surface area contributed by atoms with Crippen LogP contribution < -0.4 is 21.1 Å². The summed E-state index contributed by atoms with van der Waals surface area (Å²) in [6.45, 7) is 1.66. The number of halogens is 1. The number of thiazole rings is 1. The van der Waals surface area contributed by atoms with Crippen molar-refractivity contribution in [1.29, 1.82) is 0 Å². The third-order valence-electron chi connectivity index (χ3n) is 4.27. The van der Waals surface area contributed by atoms with E-state index in [1.165, 1.54) is 17.0 Å². The van der Waals surface area contributed by atoms with Crippen molar-refractivity contribution in [2.45, 2.75) is 12.8 Å². The maximum atomic E-state index is 5.93. The van der Waals surface area contributed by atoms with E-state index in [2.05, 4.69) is 62.1 Å². The van der Waals surface area contributed by atoms with Gasteiger partial charge in [-0.25, -0.2) is 4.98 Å². The van der Waals surface area contributed by atoms with Crippen LogP contribution in [0.3, 0.4) is 0 Å². The quantitative estimate of drug-likeness (QED) is 0.265. The Labute approximate surface area is 183 Å². The molecule has 6 nitrogen and oxygen atoms in total. The van der Waals surface area contributed by atoms with Crippen molar-refractivity contribution in [3.63, 3.8) is 0 Å². The second-order valence-electron chi connectivity index (χ2n) is 6.53. The average molecular weight is 474 g/mol. The monoisotopic (exact) mass is 473 g/mol. The maximum absolute atomic E-state index is 5.93. The molecule has 0 saturated carbocycles. The first-order valence-electron chi connectivity index (χ1n) is 9.26. The molecule has 0 amide bonds. The van der Waals surface area contributed by atoms with Crippen molar-refractivity contribution in [2.75, 3.05) is 25.1 Å². The number of aromatic nitrogens is 1. The van der Waals surface area contributed by atoms with E-state index < -0.39 is 0 Å². The lowest BCUT2D eigenvalue weighted by Crippen LogP contribution is -2.21. The van der Waals surface area contributed by atoms with Crippen molar-refractivity contribution in [1.82, 2.24) is 4.98 Å². The molecule has 0 spiro atoms. The first-order valence-corrected chi connectivity index (χ1v) is 10.9. The Bertz CT molecular complexity index is 954. The minimum Gasteiger partial charge on any atom is -0.494 e. The van der Waals surface area contributed by atoms with E-state index in [-0.39, 0.29) is 5.96 Å². The molecule has 1 heterocycles. The molecule has 0 unspecified atom stereocenters. The number of aliphatic imine (C=N–C) groups is 1. The minimum absolute atomic E-state index is 0.00811. The van der Waals surface area contributed by atoms with Gasteiger partial charge in [0.2, 0.25) is 5.13 Å². The fourth-order valence-corrected chi connectivity index (χ4v) is 3.75. The van der Waals surface area contributed by atoms with E-state index in [9.17, 15) is 0 Å². The highest BCUT2D eigenvalue weighted by molar-refractivity contribution is 9.10. The van der Waals surface area contributed by atoms with Crippen LogP contribution in [0.5, 0.6) is 5.75 Å². The summed E-state index contributed by atoms with van der Waals surface area (Å²) in [5, 5.41) is 2.47. The second kappa shape index (κ2) is 10.3. The van der Waals surface area contributed by atoms with Crippen molar-refractivity contribution >= 4 is 44.0 Å². The highest BCUT2D eigenvalue weighted by atomic mass is 79.9. The first kappa shape index (κ1) is 21.1. The fraction of sp³-hybridized carbons (Fsp3) is 0.238. The van der Waals surface area contributed by atoms with E-state index in [4.69, 9.17) is 16.2 Å². The van der Waals surface area contributed by atoms with Crippen LogP contribution in [0.4, 0.5) is 10.8 Å². The van der Waals surface area contributed by atoms with Gasteiger partial charge in [0, 0.05) is 34.7 Å². The zero-order valence-electron chi connectivity index (χ0n) is 16.2. The van der Waals surface area contributed by atoms with Crippen LogP contribution in [0, 0.1) is 0 Å². The number of ether oxygens (including phenoxy) is 1. The Morgan fingerprint density at radius 3 is 2.72 bits per heavy atom. The third-order valence-corrected chi connectivity index (χ3v) is 5.53. The van der Waals surface area contributed by atoms with E-state index >= 15 is 0 Å². The largest absolute Gasteiger partial charge is 0.494 e. The lowest BCUT2D eigenvalue weighted by atomic mass is 10.2. The number of hydrogen-bond acceptors (Lipinski definition) is 5. The number of nitrogens with zero attached hydrogens (tertiary/aromatic N) is 3. The molecule has 0 fully saturated rings. The molecule has 0 bridgehead atoms. The van der Waals surface area contributed by atoms with Gasteiger partial charge in [0.25, 0.3) is 0 Å². The summed E-state index contributed by atoms with van der Waals surface area (Å²) in [4.78, 5) is 10.7. The van der Waals surface area contributed by atoms with Gasteiger partial charge in [-0.2, -0.15) is 4.99 Å². The number of unbranched alkanes of at least 4 members (excludes halogenated alkanes) is 1. The Kier molecular flexibility index (Phi) is 7.48. The van der Waals surface area contributed by atoms with Crippen molar-refractivity contribution < 1.29 is 4.74 Å². The highest BCUT2D eigenvalue weighted by Crippen LogP contribution is 2.28.